The summed E-state index contributed by atoms with van der Waals surface area (Å²) in [7, 11) is 0. The summed E-state index contributed by atoms with van der Waals surface area (Å²) in [5, 5.41) is 0. The van der Waals surface area contributed by atoms with Gasteiger partial charge in [-0.1, -0.05) is 0 Å². The highest BCUT2D eigenvalue weighted by Crippen LogP contribution is 2.08. The molecule has 0 aliphatic carbocycles. The first kappa shape index (κ1) is 7.71. The average Bonchev–Trinajstić information content (AvgIpc) is 2.33. The van der Waals surface area contributed by atoms with E-state index in [0.717, 1.165) is 4.90 Å². The van der Waals surface area contributed by atoms with Crippen LogP contribution < -0.4 is 5.73 Å². The van der Waals surface area contributed by atoms with Crippen LogP contribution in [0.4, 0.5) is 0 Å². The third kappa shape index (κ3) is 1.36. The van der Waals surface area contributed by atoms with Crippen molar-refractivity contribution < 1.29 is 14.4 Å². The Morgan fingerprint density at radius 1 is 1.45 bits per heavy atom. The molecule has 1 rings (SSSR count). The molecule has 0 saturated carbocycles. The minimum Gasteiger partial charge on any atom is -0.361 e. The van der Waals surface area contributed by atoms with Crippen LogP contribution in [-0.2, 0) is 14.4 Å². The van der Waals surface area contributed by atoms with Crippen LogP contribution in [0.5, 0.6) is 0 Å². The van der Waals surface area contributed by atoms with E-state index >= 15 is 0 Å². The molecule has 2 N–H and O–H groups in total. The van der Waals surface area contributed by atoms with E-state index in [-0.39, 0.29) is 5.91 Å². The second kappa shape index (κ2) is 2.69. The Morgan fingerprint density at radius 3 is 2.45 bits per heavy atom. The molecular weight excluding hydrogens is 148 g/mol. The number of carbonyl (C=O) groups is 3. The molecule has 1 aliphatic heterocycles. The molecule has 1 aliphatic rings. The third-order valence-electron chi connectivity index (χ3n) is 1.53. The molecule has 1 heterocycles. The lowest BCUT2D eigenvalue weighted by Crippen LogP contribution is -2.40. The van der Waals surface area contributed by atoms with E-state index < -0.39 is 11.8 Å². The highest BCUT2D eigenvalue weighted by molar-refractivity contribution is 6.37. The van der Waals surface area contributed by atoms with E-state index in [1.807, 2.05) is 0 Å². The molecule has 0 aromatic carbocycles. The molecular formula is C6H8N2O3. The summed E-state index contributed by atoms with van der Waals surface area (Å²) >= 11 is 0. The Bertz CT molecular complexity index is 224. The van der Waals surface area contributed by atoms with E-state index in [4.69, 9.17) is 5.73 Å². The monoisotopic (exact) mass is 156 g/mol. The molecule has 1 fully saturated rings. The number of hydrogen-bond acceptors (Lipinski definition) is 3. The zero-order valence-electron chi connectivity index (χ0n) is 5.87. The first-order valence-corrected chi connectivity index (χ1v) is 3.27. The zero-order chi connectivity index (χ0) is 8.43. The molecule has 1 saturated heterocycles. The van der Waals surface area contributed by atoms with Crippen molar-refractivity contribution >= 4 is 17.7 Å². The molecule has 5 nitrogen and oxygen atoms in total. The van der Waals surface area contributed by atoms with Gasteiger partial charge in [0.25, 0.3) is 0 Å². The number of rotatable bonds is 0. The predicted molar refractivity (Wildman–Crippen MR) is 35.1 cm³/mol. The number of carbonyl (C=O) groups excluding carboxylic acids is 3. The Kier molecular flexibility index (Phi) is 1.89. The summed E-state index contributed by atoms with van der Waals surface area (Å²) in [4.78, 5) is 32.8. The molecule has 0 radical (unpaired) electrons. The third-order valence-corrected chi connectivity index (χ3v) is 1.53. The fourth-order valence-corrected chi connectivity index (χ4v) is 0.996. The lowest BCUT2D eigenvalue weighted by atomic mass is 10.4. The largest absolute Gasteiger partial charge is 0.361 e. The molecule has 0 aromatic rings. The van der Waals surface area contributed by atoms with Crippen LogP contribution in [-0.4, -0.2) is 29.2 Å². The summed E-state index contributed by atoms with van der Waals surface area (Å²) in [5.74, 6) is -2.28. The van der Waals surface area contributed by atoms with Gasteiger partial charge in [0.05, 0.1) is 0 Å². The molecule has 0 atom stereocenters. The van der Waals surface area contributed by atoms with E-state index in [1.165, 1.54) is 0 Å². The lowest BCUT2D eigenvalue weighted by Gasteiger charge is -2.09. The number of likely N-dealkylation sites (tertiary alicyclic amines) is 1. The molecule has 0 unspecified atom stereocenters. The van der Waals surface area contributed by atoms with E-state index in [0.29, 0.717) is 19.4 Å². The SMILES string of the molecule is NC(=O)C(=O)N1CCCC1=O. The number of amides is 3. The van der Waals surface area contributed by atoms with Crippen LogP contribution in [0.1, 0.15) is 12.8 Å². The Balaban J connectivity index is 2.67. The second-order valence-electron chi connectivity index (χ2n) is 2.32. The summed E-state index contributed by atoms with van der Waals surface area (Å²) in [6.45, 7) is 0.320. The normalized spacial score (nSPS) is 17.1. The Labute approximate surface area is 63.1 Å². The number of imide groups is 1. The van der Waals surface area contributed by atoms with Crippen molar-refractivity contribution in [1.29, 1.82) is 0 Å². The van der Waals surface area contributed by atoms with Gasteiger partial charge < -0.3 is 5.73 Å². The maximum absolute atomic E-state index is 10.8. The van der Waals surface area contributed by atoms with Crippen molar-refractivity contribution in [2.45, 2.75) is 12.8 Å². The molecule has 60 valence electrons. The van der Waals surface area contributed by atoms with Crippen molar-refractivity contribution in [3.05, 3.63) is 0 Å². The quantitative estimate of drug-likeness (QED) is 0.439. The van der Waals surface area contributed by atoms with Crippen LogP contribution in [0, 0.1) is 0 Å². The van der Waals surface area contributed by atoms with Crippen molar-refractivity contribution in [3.8, 4) is 0 Å². The fourth-order valence-electron chi connectivity index (χ4n) is 0.996. The van der Waals surface area contributed by atoms with Crippen molar-refractivity contribution in [2.24, 2.45) is 5.73 Å². The van der Waals surface area contributed by atoms with Gasteiger partial charge in [0.2, 0.25) is 5.91 Å². The van der Waals surface area contributed by atoms with E-state index in [2.05, 4.69) is 0 Å². The average molecular weight is 156 g/mol. The Hall–Kier alpha value is -1.39. The van der Waals surface area contributed by atoms with Crippen LogP contribution in [0.2, 0.25) is 0 Å². The molecule has 0 aromatic heterocycles. The number of nitrogens with two attached hydrogens (primary N) is 1. The summed E-state index contributed by atoms with van der Waals surface area (Å²) in [6.07, 6.45) is 0.955. The minimum atomic E-state index is -1.07. The van der Waals surface area contributed by atoms with Gasteiger partial charge in [-0.25, -0.2) is 0 Å². The van der Waals surface area contributed by atoms with Crippen molar-refractivity contribution in [3.63, 3.8) is 0 Å². The molecule has 3 amide bonds. The van der Waals surface area contributed by atoms with Gasteiger partial charge in [0, 0.05) is 13.0 Å². The summed E-state index contributed by atoms with van der Waals surface area (Å²) in [6, 6.07) is 0. The predicted octanol–water partition coefficient (Wildman–Crippen LogP) is -1.38. The highest BCUT2D eigenvalue weighted by Gasteiger charge is 2.29. The van der Waals surface area contributed by atoms with Gasteiger partial charge >= 0.3 is 11.8 Å². The van der Waals surface area contributed by atoms with Gasteiger partial charge in [-0.2, -0.15) is 0 Å². The summed E-state index contributed by atoms with van der Waals surface area (Å²) < 4.78 is 0. The highest BCUT2D eigenvalue weighted by atomic mass is 16.2. The molecule has 0 spiro atoms. The summed E-state index contributed by atoms with van der Waals surface area (Å²) in [5.41, 5.74) is 4.70. The number of primary amides is 1. The van der Waals surface area contributed by atoms with Crippen LogP contribution >= 0.6 is 0 Å². The topological polar surface area (TPSA) is 80.5 Å². The van der Waals surface area contributed by atoms with Crippen LogP contribution in [0.15, 0.2) is 0 Å². The van der Waals surface area contributed by atoms with Gasteiger partial charge in [-0.3, -0.25) is 19.3 Å². The minimum absolute atomic E-state index is 0.311. The van der Waals surface area contributed by atoms with Crippen molar-refractivity contribution in [2.75, 3.05) is 6.54 Å². The number of nitrogens with zero attached hydrogens (tertiary/aromatic N) is 1. The number of hydrogen-bond donors (Lipinski definition) is 1. The lowest BCUT2D eigenvalue weighted by molar-refractivity contribution is -0.149. The maximum atomic E-state index is 10.8. The fraction of sp³-hybridized carbons (Fsp3) is 0.500. The smallest absolute Gasteiger partial charge is 0.318 e. The zero-order valence-corrected chi connectivity index (χ0v) is 5.87. The van der Waals surface area contributed by atoms with E-state index in [9.17, 15) is 14.4 Å². The Morgan fingerprint density at radius 2 is 2.09 bits per heavy atom. The van der Waals surface area contributed by atoms with Gasteiger partial charge in [-0.05, 0) is 6.42 Å². The van der Waals surface area contributed by atoms with Gasteiger partial charge in [0.1, 0.15) is 0 Å². The second-order valence-corrected chi connectivity index (χ2v) is 2.32. The van der Waals surface area contributed by atoms with Gasteiger partial charge in [-0.15, -0.1) is 0 Å². The standard InChI is InChI=1S/C6H8N2O3/c7-5(10)6(11)8-3-1-2-4(8)9/h1-3H2,(H2,7,10). The molecule has 0 bridgehead atoms. The molecule has 5 heteroatoms. The van der Waals surface area contributed by atoms with Crippen LogP contribution in [0.25, 0.3) is 0 Å². The van der Waals surface area contributed by atoms with E-state index in [1.54, 1.807) is 0 Å². The van der Waals surface area contributed by atoms with Crippen LogP contribution in [0.3, 0.4) is 0 Å². The maximum Gasteiger partial charge on any atom is 0.318 e. The first-order chi connectivity index (χ1) is 5.13. The molecule has 11 heavy (non-hydrogen) atoms. The van der Waals surface area contributed by atoms with Gasteiger partial charge in [0.15, 0.2) is 0 Å². The first-order valence-electron chi connectivity index (χ1n) is 3.27. The van der Waals surface area contributed by atoms with Crippen molar-refractivity contribution in [1.82, 2.24) is 4.90 Å².